The van der Waals surface area contributed by atoms with Crippen molar-refractivity contribution < 1.29 is 10.2 Å². The lowest BCUT2D eigenvalue weighted by molar-refractivity contribution is -0.168. The van der Waals surface area contributed by atoms with Crippen LogP contribution in [0.2, 0.25) is 0 Å². The summed E-state index contributed by atoms with van der Waals surface area (Å²) in [5.74, 6) is 1.05. The number of fused-ring (bicyclic) bond motifs is 1. The number of aliphatic hydroxyl groups excluding tert-OH is 1. The summed E-state index contributed by atoms with van der Waals surface area (Å²) in [4.78, 5) is 0. The summed E-state index contributed by atoms with van der Waals surface area (Å²) < 4.78 is 0. The van der Waals surface area contributed by atoms with Crippen molar-refractivity contribution in [1.29, 1.82) is 0 Å². The van der Waals surface area contributed by atoms with Crippen molar-refractivity contribution in [3.05, 3.63) is 12.2 Å². The molecular formula is C20H36O2. The maximum atomic E-state index is 11.1. The fourth-order valence-corrected chi connectivity index (χ4v) is 5.90. The quantitative estimate of drug-likeness (QED) is 0.723. The summed E-state index contributed by atoms with van der Waals surface area (Å²) in [5, 5.41) is 20.1. The SMILES string of the molecule is C=C(CCO)CC[C@@H]1[C@@]2(C)CCCC(C)(C)[C@@H]2CC[C@@]1(C)O. The first-order chi connectivity index (χ1) is 10.1. The third-order valence-electron chi connectivity index (χ3n) is 7.01. The molecule has 0 amide bonds. The molecule has 0 unspecified atom stereocenters. The second-order valence-electron chi connectivity index (χ2n) is 9.11. The summed E-state index contributed by atoms with van der Waals surface area (Å²) in [6.07, 6.45) is 8.57. The molecule has 2 rings (SSSR count). The standard InChI is InChI=1S/C20H36O2/c1-15(10-14-21)7-8-17-19(4)12-6-11-18(2,3)16(19)9-13-20(17,5)22/h16-17,21-22H,1,6-14H2,2-5H3/t16-,17+,19-,20+/m0/s1. The minimum absolute atomic E-state index is 0.187. The van der Waals surface area contributed by atoms with Gasteiger partial charge in [0.15, 0.2) is 0 Å². The molecule has 0 heterocycles. The monoisotopic (exact) mass is 308 g/mol. The minimum atomic E-state index is -0.557. The first kappa shape index (κ1) is 18.0. The van der Waals surface area contributed by atoms with Crippen molar-refractivity contribution in [2.75, 3.05) is 6.61 Å². The molecule has 0 aromatic rings. The van der Waals surface area contributed by atoms with Crippen LogP contribution in [-0.2, 0) is 0 Å². The molecule has 0 aliphatic heterocycles. The van der Waals surface area contributed by atoms with Crippen molar-refractivity contribution in [3.8, 4) is 0 Å². The van der Waals surface area contributed by atoms with E-state index < -0.39 is 5.60 Å². The molecule has 2 N–H and O–H groups in total. The zero-order valence-electron chi connectivity index (χ0n) is 15.1. The minimum Gasteiger partial charge on any atom is -0.396 e. The zero-order chi connectivity index (χ0) is 16.6. The van der Waals surface area contributed by atoms with Crippen molar-refractivity contribution in [3.63, 3.8) is 0 Å². The molecule has 2 aliphatic carbocycles. The van der Waals surface area contributed by atoms with Crippen LogP contribution in [0.5, 0.6) is 0 Å². The van der Waals surface area contributed by atoms with Crippen LogP contribution in [-0.4, -0.2) is 22.4 Å². The molecule has 0 bridgehead atoms. The van der Waals surface area contributed by atoms with Gasteiger partial charge >= 0.3 is 0 Å². The molecule has 4 atom stereocenters. The van der Waals surface area contributed by atoms with E-state index in [2.05, 4.69) is 34.3 Å². The Morgan fingerprint density at radius 2 is 1.77 bits per heavy atom. The fourth-order valence-electron chi connectivity index (χ4n) is 5.90. The molecule has 0 radical (unpaired) electrons. The van der Waals surface area contributed by atoms with Gasteiger partial charge < -0.3 is 10.2 Å². The molecule has 0 saturated heterocycles. The maximum Gasteiger partial charge on any atom is 0.0653 e. The van der Waals surface area contributed by atoms with Gasteiger partial charge in [0.2, 0.25) is 0 Å². The maximum absolute atomic E-state index is 11.1. The average molecular weight is 309 g/mol. The lowest BCUT2D eigenvalue weighted by atomic mass is 9.45. The van der Waals surface area contributed by atoms with Crippen LogP contribution in [0.3, 0.4) is 0 Å². The van der Waals surface area contributed by atoms with Crippen LogP contribution >= 0.6 is 0 Å². The normalized spacial score (nSPS) is 41.0. The summed E-state index contributed by atoms with van der Waals surface area (Å²) in [6.45, 7) is 13.6. The molecule has 22 heavy (non-hydrogen) atoms. The predicted molar refractivity (Wildman–Crippen MR) is 92.7 cm³/mol. The van der Waals surface area contributed by atoms with Gasteiger partial charge in [-0.1, -0.05) is 39.3 Å². The Hall–Kier alpha value is -0.340. The lowest BCUT2D eigenvalue weighted by Crippen LogP contribution is -2.57. The van der Waals surface area contributed by atoms with E-state index in [9.17, 15) is 5.11 Å². The Morgan fingerprint density at radius 3 is 2.41 bits per heavy atom. The van der Waals surface area contributed by atoms with Crippen LogP contribution in [0.1, 0.15) is 79.1 Å². The predicted octanol–water partition coefficient (Wildman–Crippen LogP) is 4.70. The number of hydrogen-bond acceptors (Lipinski definition) is 2. The molecule has 2 aliphatic rings. The highest BCUT2D eigenvalue weighted by atomic mass is 16.3. The fraction of sp³-hybridized carbons (Fsp3) is 0.900. The van der Waals surface area contributed by atoms with E-state index in [0.29, 0.717) is 23.7 Å². The van der Waals surface area contributed by atoms with Gasteiger partial charge in [0.1, 0.15) is 0 Å². The second-order valence-corrected chi connectivity index (χ2v) is 9.11. The Bertz CT molecular complexity index is 410. The molecule has 2 saturated carbocycles. The van der Waals surface area contributed by atoms with Gasteiger partial charge in [0.25, 0.3) is 0 Å². The van der Waals surface area contributed by atoms with Gasteiger partial charge in [-0.3, -0.25) is 0 Å². The highest BCUT2D eigenvalue weighted by molar-refractivity contribution is 5.08. The molecule has 0 aromatic carbocycles. The largest absolute Gasteiger partial charge is 0.396 e. The summed E-state index contributed by atoms with van der Waals surface area (Å²) in [6, 6.07) is 0. The van der Waals surface area contributed by atoms with E-state index in [1.807, 2.05) is 0 Å². The van der Waals surface area contributed by atoms with Gasteiger partial charge in [-0.25, -0.2) is 0 Å². The summed E-state index contributed by atoms with van der Waals surface area (Å²) in [7, 11) is 0. The number of rotatable bonds is 5. The van der Waals surface area contributed by atoms with Crippen molar-refractivity contribution in [2.45, 2.75) is 84.7 Å². The molecule has 0 aromatic heterocycles. The third-order valence-corrected chi connectivity index (χ3v) is 7.01. The third kappa shape index (κ3) is 3.28. The first-order valence-corrected chi connectivity index (χ1v) is 9.13. The van der Waals surface area contributed by atoms with E-state index in [0.717, 1.165) is 31.3 Å². The van der Waals surface area contributed by atoms with Gasteiger partial charge in [-0.2, -0.15) is 0 Å². The van der Waals surface area contributed by atoms with Crippen LogP contribution in [0.15, 0.2) is 12.2 Å². The Kier molecular flexibility index (Phi) is 5.14. The highest BCUT2D eigenvalue weighted by Gasteiger charge is 2.57. The average Bonchev–Trinajstić information content (AvgIpc) is 2.36. The zero-order valence-corrected chi connectivity index (χ0v) is 15.1. The van der Waals surface area contributed by atoms with Crippen molar-refractivity contribution in [1.82, 2.24) is 0 Å². The van der Waals surface area contributed by atoms with E-state index in [1.165, 1.54) is 19.3 Å². The molecule has 128 valence electrons. The molecule has 2 fully saturated rings. The highest BCUT2D eigenvalue weighted by Crippen LogP contribution is 2.62. The van der Waals surface area contributed by atoms with Gasteiger partial charge in [-0.15, -0.1) is 0 Å². The summed E-state index contributed by atoms with van der Waals surface area (Å²) in [5.41, 5.74) is 1.20. The summed E-state index contributed by atoms with van der Waals surface area (Å²) >= 11 is 0. The van der Waals surface area contributed by atoms with Gasteiger partial charge in [-0.05, 0) is 74.5 Å². The topological polar surface area (TPSA) is 40.5 Å². The van der Waals surface area contributed by atoms with E-state index in [1.54, 1.807) is 0 Å². The number of aliphatic hydroxyl groups is 2. The van der Waals surface area contributed by atoms with E-state index in [4.69, 9.17) is 5.11 Å². The smallest absolute Gasteiger partial charge is 0.0653 e. The Balaban J connectivity index is 2.20. The van der Waals surface area contributed by atoms with Gasteiger partial charge in [0, 0.05) is 6.61 Å². The van der Waals surface area contributed by atoms with E-state index >= 15 is 0 Å². The molecule has 2 heteroatoms. The van der Waals surface area contributed by atoms with Crippen LogP contribution in [0.25, 0.3) is 0 Å². The Morgan fingerprint density at radius 1 is 1.09 bits per heavy atom. The molecule has 2 nitrogen and oxygen atoms in total. The molecular weight excluding hydrogens is 272 g/mol. The van der Waals surface area contributed by atoms with Crippen LogP contribution in [0.4, 0.5) is 0 Å². The second kappa shape index (κ2) is 6.28. The van der Waals surface area contributed by atoms with Crippen molar-refractivity contribution >= 4 is 0 Å². The van der Waals surface area contributed by atoms with Crippen LogP contribution in [0, 0.1) is 22.7 Å². The Labute approximate surface area is 137 Å². The molecule has 0 spiro atoms. The van der Waals surface area contributed by atoms with Crippen LogP contribution < -0.4 is 0 Å². The van der Waals surface area contributed by atoms with Gasteiger partial charge in [0.05, 0.1) is 5.60 Å². The first-order valence-electron chi connectivity index (χ1n) is 9.13. The van der Waals surface area contributed by atoms with Crippen molar-refractivity contribution in [2.24, 2.45) is 22.7 Å². The lowest BCUT2D eigenvalue weighted by Gasteiger charge is -2.61. The number of hydrogen-bond donors (Lipinski definition) is 2. The van der Waals surface area contributed by atoms with E-state index in [-0.39, 0.29) is 12.0 Å².